The van der Waals surface area contributed by atoms with E-state index < -0.39 is 0 Å². The second-order valence-electron chi connectivity index (χ2n) is 22.6. The van der Waals surface area contributed by atoms with Gasteiger partial charge >= 0.3 is 0 Å². The molecule has 0 unspecified atom stereocenters. The maximum atomic E-state index is 2.75. The van der Waals surface area contributed by atoms with E-state index >= 15 is 0 Å². The van der Waals surface area contributed by atoms with E-state index in [0.29, 0.717) is 11.8 Å². The van der Waals surface area contributed by atoms with Crippen molar-refractivity contribution in [1.82, 2.24) is 0 Å². The minimum absolute atomic E-state index is 0.0138. The molecule has 1 heteroatoms. The predicted molar refractivity (Wildman–Crippen MR) is 243 cm³/mol. The van der Waals surface area contributed by atoms with Gasteiger partial charge in [-0.1, -0.05) is 136 Å². The van der Waals surface area contributed by atoms with E-state index in [9.17, 15) is 0 Å². The number of hydrogen-bond acceptors (Lipinski definition) is 1. The van der Waals surface area contributed by atoms with E-state index in [1.807, 2.05) is 0 Å². The zero-order valence-corrected chi connectivity index (χ0v) is 36.5. The second kappa shape index (κ2) is 12.5. The Bertz CT molecular complexity index is 2330. The van der Waals surface area contributed by atoms with Gasteiger partial charge in [0.05, 0.1) is 5.69 Å². The molecule has 0 radical (unpaired) electrons. The van der Waals surface area contributed by atoms with Gasteiger partial charge in [-0.15, -0.1) is 0 Å². The summed E-state index contributed by atoms with van der Waals surface area (Å²) in [5.74, 6) is 3.24. The Labute approximate surface area is 344 Å². The first kappa shape index (κ1) is 37.2. The van der Waals surface area contributed by atoms with Crippen molar-refractivity contribution in [2.45, 2.75) is 141 Å². The van der Waals surface area contributed by atoms with Gasteiger partial charge in [-0.25, -0.2) is 0 Å². The fourth-order valence-electron chi connectivity index (χ4n) is 13.0. The average molecular weight is 752 g/mol. The van der Waals surface area contributed by atoms with Crippen LogP contribution in [0.15, 0.2) is 103 Å². The van der Waals surface area contributed by atoms with Crippen LogP contribution in [0.5, 0.6) is 0 Å². The molecule has 0 aliphatic heterocycles. The summed E-state index contributed by atoms with van der Waals surface area (Å²) in [6, 6.07) is 41.4. The summed E-state index contributed by atoms with van der Waals surface area (Å²) in [6.07, 6.45) is 9.44. The molecule has 6 aliphatic carbocycles. The molecule has 57 heavy (non-hydrogen) atoms. The van der Waals surface area contributed by atoms with E-state index in [1.165, 1.54) is 107 Å². The molecule has 294 valence electrons. The largest absolute Gasteiger partial charge is 0.310 e. The van der Waals surface area contributed by atoms with Gasteiger partial charge < -0.3 is 4.90 Å². The molecule has 4 saturated carbocycles. The highest BCUT2D eigenvalue weighted by Gasteiger charge is 2.61. The lowest BCUT2D eigenvalue weighted by molar-refractivity contribution is -0.0399. The van der Waals surface area contributed by atoms with Crippen LogP contribution in [-0.2, 0) is 27.1 Å². The fraction of sp³-hybridized carbons (Fsp3) is 0.464. The number of benzene rings is 5. The minimum Gasteiger partial charge on any atom is -0.310 e. The van der Waals surface area contributed by atoms with Gasteiger partial charge in [-0.3, -0.25) is 0 Å². The van der Waals surface area contributed by atoms with Crippen LogP contribution in [0, 0.1) is 23.7 Å². The summed E-state index contributed by atoms with van der Waals surface area (Å²) < 4.78 is 0. The van der Waals surface area contributed by atoms with Crippen LogP contribution in [0.25, 0.3) is 22.3 Å². The summed E-state index contributed by atoms with van der Waals surface area (Å²) in [7, 11) is 0. The molecular weight excluding hydrogens is 687 g/mol. The molecule has 0 saturated heterocycles. The van der Waals surface area contributed by atoms with Gasteiger partial charge in [0.15, 0.2) is 0 Å². The first-order chi connectivity index (χ1) is 26.9. The lowest BCUT2D eigenvalue weighted by Gasteiger charge is -2.61. The van der Waals surface area contributed by atoms with Crippen molar-refractivity contribution in [3.8, 4) is 22.3 Å². The number of hydrogen-bond donors (Lipinski definition) is 0. The fourth-order valence-corrected chi connectivity index (χ4v) is 13.0. The van der Waals surface area contributed by atoms with E-state index in [4.69, 9.17) is 0 Å². The Kier molecular flexibility index (Phi) is 8.13. The van der Waals surface area contributed by atoms with Crippen molar-refractivity contribution in [1.29, 1.82) is 0 Å². The van der Waals surface area contributed by atoms with Gasteiger partial charge in [0.25, 0.3) is 0 Å². The molecule has 0 amide bonds. The smallest absolute Gasteiger partial charge is 0.0543 e. The number of rotatable bonds is 4. The maximum Gasteiger partial charge on any atom is 0.0543 e. The monoisotopic (exact) mass is 752 g/mol. The summed E-state index contributed by atoms with van der Waals surface area (Å²) in [4.78, 5) is 2.65. The Morgan fingerprint density at radius 1 is 0.474 bits per heavy atom. The number of para-hydroxylation sites is 1. The molecule has 0 heterocycles. The van der Waals surface area contributed by atoms with Crippen molar-refractivity contribution in [2.75, 3.05) is 4.90 Å². The van der Waals surface area contributed by atoms with Crippen LogP contribution in [0.4, 0.5) is 17.1 Å². The van der Waals surface area contributed by atoms with E-state index in [-0.39, 0.29) is 27.1 Å². The zero-order valence-electron chi connectivity index (χ0n) is 36.5. The zero-order chi connectivity index (χ0) is 39.9. The van der Waals surface area contributed by atoms with Gasteiger partial charge in [0, 0.05) is 22.4 Å². The predicted octanol–water partition coefficient (Wildman–Crippen LogP) is 15.5. The highest BCUT2D eigenvalue weighted by Crippen LogP contribution is 2.70. The molecule has 5 aromatic rings. The molecular formula is C56H65N. The van der Waals surface area contributed by atoms with Gasteiger partial charge in [-0.2, -0.15) is 0 Å². The van der Waals surface area contributed by atoms with Crippen LogP contribution < -0.4 is 4.90 Å². The molecule has 5 aromatic carbocycles. The molecule has 0 aromatic heterocycles. The van der Waals surface area contributed by atoms with Crippen LogP contribution in [0.1, 0.15) is 148 Å². The Morgan fingerprint density at radius 3 is 1.67 bits per heavy atom. The van der Waals surface area contributed by atoms with E-state index in [2.05, 4.69) is 177 Å². The quantitative estimate of drug-likeness (QED) is 0.177. The van der Waals surface area contributed by atoms with Crippen molar-refractivity contribution in [3.05, 3.63) is 137 Å². The molecule has 11 rings (SSSR count). The summed E-state index contributed by atoms with van der Waals surface area (Å²) in [6.45, 7) is 24.1. The normalized spacial score (nSPS) is 26.3. The van der Waals surface area contributed by atoms with Crippen LogP contribution in [0.2, 0.25) is 0 Å². The van der Waals surface area contributed by atoms with Crippen LogP contribution in [-0.4, -0.2) is 0 Å². The molecule has 1 nitrogen and oxygen atoms in total. The van der Waals surface area contributed by atoms with Crippen LogP contribution >= 0.6 is 0 Å². The summed E-state index contributed by atoms with van der Waals surface area (Å²) in [5, 5.41) is 0. The van der Waals surface area contributed by atoms with Crippen molar-refractivity contribution >= 4 is 17.1 Å². The maximum absolute atomic E-state index is 2.75. The van der Waals surface area contributed by atoms with Crippen molar-refractivity contribution in [2.24, 2.45) is 23.7 Å². The Morgan fingerprint density at radius 2 is 1.05 bits per heavy atom. The van der Waals surface area contributed by atoms with E-state index in [1.54, 1.807) is 11.1 Å². The number of nitrogens with zero attached hydrogens (tertiary/aromatic N) is 1. The number of anilines is 3. The topological polar surface area (TPSA) is 3.24 Å². The Hall–Kier alpha value is -4.10. The van der Waals surface area contributed by atoms with Crippen molar-refractivity contribution in [3.63, 3.8) is 0 Å². The molecule has 1 spiro atoms. The minimum atomic E-state index is 0.0138. The second-order valence-corrected chi connectivity index (χ2v) is 22.6. The highest BCUT2D eigenvalue weighted by atomic mass is 15.1. The van der Waals surface area contributed by atoms with E-state index in [0.717, 1.165) is 11.8 Å². The third-order valence-electron chi connectivity index (χ3n) is 16.0. The third-order valence-corrected chi connectivity index (χ3v) is 16.0. The standard InChI is InChI=1S/C56H65N/c1-52(2,3)38-29-37(30-39(31-38)53(4,5)6)45-33-46-44-18-14-15-19-47(44)56(40-25-35-24-36(27-40)28-41(56)26-35)49(46)34-51(45)57(42-16-12-11-13-17-42)43-20-21-48-50(32-43)55(9,10)23-22-54(48,7)8/h11-21,29-36,40-41H,22-28H2,1-10H3. The molecule has 4 fully saturated rings. The van der Waals surface area contributed by atoms with Gasteiger partial charge in [0.1, 0.15) is 0 Å². The molecule has 0 N–H and O–H groups in total. The Balaban J connectivity index is 1.30. The third kappa shape index (κ3) is 5.68. The van der Waals surface area contributed by atoms with Gasteiger partial charge in [0.2, 0.25) is 0 Å². The summed E-state index contributed by atoms with van der Waals surface area (Å²) >= 11 is 0. The molecule has 0 atom stereocenters. The molecule has 6 aliphatic rings. The number of fused-ring (bicyclic) bond motifs is 4. The highest BCUT2D eigenvalue weighted by molar-refractivity contribution is 5.95. The lowest BCUT2D eigenvalue weighted by atomic mass is 9.43. The SMILES string of the molecule is CC(C)(C)c1cc(-c2cc3c(cc2N(c2ccccc2)c2ccc4c(c2)C(C)(C)CCC4(C)C)C2(c4ccccc4-3)C3CC4CC(C3)CC2C4)cc(C(C)(C)C)c1. The average Bonchev–Trinajstić information content (AvgIpc) is 3.44. The van der Waals surface area contributed by atoms with Crippen molar-refractivity contribution < 1.29 is 0 Å². The van der Waals surface area contributed by atoms with Crippen LogP contribution in [0.3, 0.4) is 0 Å². The first-order valence-corrected chi connectivity index (χ1v) is 22.4. The summed E-state index contributed by atoms with van der Waals surface area (Å²) in [5.41, 5.74) is 18.9. The molecule has 4 bridgehead atoms. The van der Waals surface area contributed by atoms with Gasteiger partial charge in [-0.05, 0) is 177 Å². The first-order valence-electron chi connectivity index (χ1n) is 22.4. The lowest BCUT2D eigenvalue weighted by Crippen LogP contribution is -2.55.